The first-order valence-electron chi connectivity index (χ1n) is 9.32. The van der Waals surface area contributed by atoms with E-state index in [2.05, 4.69) is 14.6 Å². The van der Waals surface area contributed by atoms with E-state index in [1.807, 2.05) is 0 Å². The number of rotatable bonds is 4. The predicted octanol–water partition coefficient (Wildman–Crippen LogP) is 0.956. The number of ether oxygens (including phenoxy) is 1. The number of hydrogen-bond acceptors (Lipinski definition) is 7. The van der Waals surface area contributed by atoms with Crippen LogP contribution in [0.1, 0.15) is 34.3 Å². The number of hydrogen-bond donors (Lipinski definition) is 1. The maximum atomic E-state index is 12.6. The molecule has 0 saturated carbocycles. The van der Waals surface area contributed by atoms with E-state index in [1.54, 1.807) is 29.2 Å². The first-order chi connectivity index (χ1) is 13.9. The van der Waals surface area contributed by atoms with Gasteiger partial charge in [-0.15, -0.1) is 4.40 Å². The van der Waals surface area contributed by atoms with E-state index in [-0.39, 0.29) is 23.4 Å². The smallest absolute Gasteiger partial charge is 0.259 e. The number of piperidine rings is 1. The van der Waals surface area contributed by atoms with Crippen molar-refractivity contribution in [2.45, 2.75) is 18.6 Å². The van der Waals surface area contributed by atoms with Crippen molar-refractivity contribution in [3.63, 3.8) is 0 Å². The molecular weight excluding hydrogens is 394 g/mol. The molecule has 29 heavy (non-hydrogen) atoms. The van der Waals surface area contributed by atoms with Crippen molar-refractivity contribution in [3.05, 3.63) is 53.3 Å². The van der Waals surface area contributed by atoms with Gasteiger partial charge < -0.3 is 15.4 Å². The first-order valence-corrected chi connectivity index (χ1v) is 10.9. The standard InChI is InChI=1S/C19H21N5O4S/c20-18-17-15(12-29(26,27)23-18)4-1-5-16(17)28-11-13-3-2-8-24(10-13)19(25)14-6-7-21-22-9-14/h1,4-7,9,13H,2-3,8,10-12H2,(H2,20,23)/t13-/m0/s1. The largest absolute Gasteiger partial charge is 0.492 e. The molecule has 10 heteroatoms. The van der Waals surface area contributed by atoms with Gasteiger partial charge in [-0.3, -0.25) is 4.79 Å². The van der Waals surface area contributed by atoms with Crippen LogP contribution in [0.3, 0.4) is 0 Å². The number of benzene rings is 1. The zero-order valence-electron chi connectivity index (χ0n) is 15.7. The fraction of sp³-hybridized carbons (Fsp3) is 0.368. The van der Waals surface area contributed by atoms with Gasteiger partial charge in [0.1, 0.15) is 11.6 Å². The number of amidine groups is 1. The van der Waals surface area contributed by atoms with Crippen LogP contribution in [0.5, 0.6) is 5.75 Å². The lowest BCUT2D eigenvalue weighted by Gasteiger charge is -2.33. The van der Waals surface area contributed by atoms with Gasteiger partial charge in [-0.1, -0.05) is 12.1 Å². The summed E-state index contributed by atoms with van der Waals surface area (Å²) in [5.74, 6) is 0.367. The van der Waals surface area contributed by atoms with Crippen molar-refractivity contribution in [2.24, 2.45) is 16.0 Å². The highest BCUT2D eigenvalue weighted by atomic mass is 32.2. The van der Waals surface area contributed by atoms with Crippen LogP contribution in [-0.4, -0.2) is 55.0 Å². The SMILES string of the molecule is NC1=NS(=O)(=O)Cc2cccc(OC[C@H]3CCCN(C(=O)c4ccnnc4)C3)c21. The zero-order valence-corrected chi connectivity index (χ0v) is 16.5. The van der Waals surface area contributed by atoms with Crippen LogP contribution < -0.4 is 10.5 Å². The number of carbonyl (C=O) groups is 1. The lowest BCUT2D eigenvalue weighted by Crippen LogP contribution is -2.41. The monoisotopic (exact) mass is 415 g/mol. The summed E-state index contributed by atoms with van der Waals surface area (Å²) in [6, 6.07) is 6.87. The molecule has 2 N–H and O–H groups in total. The Morgan fingerprint density at radius 2 is 2.14 bits per heavy atom. The van der Waals surface area contributed by atoms with Gasteiger partial charge in [-0.25, -0.2) is 8.42 Å². The van der Waals surface area contributed by atoms with Crippen molar-refractivity contribution < 1.29 is 17.9 Å². The van der Waals surface area contributed by atoms with Crippen LogP contribution in [0, 0.1) is 5.92 Å². The second-order valence-corrected chi connectivity index (χ2v) is 8.83. The molecule has 152 valence electrons. The Morgan fingerprint density at radius 1 is 1.28 bits per heavy atom. The number of amides is 1. The second-order valence-electron chi connectivity index (χ2n) is 7.19. The van der Waals surface area contributed by atoms with Crippen molar-refractivity contribution >= 4 is 21.8 Å². The summed E-state index contributed by atoms with van der Waals surface area (Å²) in [6.07, 6.45) is 4.79. The van der Waals surface area contributed by atoms with E-state index in [0.29, 0.717) is 42.1 Å². The fourth-order valence-electron chi connectivity index (χ4n) is 3.73. The third-order valence-electron chi connectivity index (χ3n) is 5.06. The molecule has 0 aliphatic carbocycles. The van der Waals surface area contributed by atoms with Gasteiger partial charge in [0.15, 0.2) is 0 Å². The molecule has 1 aromatic carbocycles. The molecule has 1 atom stereocenters. The average Bonchev–Trinajstić information content (AvgIpc) is 2.71. The molecule has 2 aliphatic heterocycles. The van der Waals surface area contributed by atoms with Gasteiger partial charge in [0.05, 0.1) is 35.9 Å². The third-order valence-corrected chi connectivity index (χ3v) is 6.21. The van der Waals surface area contributed by atoms with Crippen molar-refractivity contribution in [3.8, 4) is 5.75 Å². The Bertz CT molecular complexity index is 1060. The summed E-state index contributed by atoms with van der Waals surface area (Å²) in [5.41, 5.74) is 7.52. The fourth-order valence-corrected chi connectivity index (χ4v) is 4.81. The van der Waals surface area contributed by atoms with E-state index in [4.69, 9.17) is 10.5 Å². The third kappa shape index (κ3) is 4.21. The number of nitrogens with zero attached hydrogens (tertiary/aromatic N) is 4. The Kier molecular flexibility index (Phi) is 5.18. The minimum atomic E-state index is -3.59. The molecular formula is C19H21N5O4S. The van der Waals surface area contributed by atoms with Crippen LogP contribution in [0.4, 0.5) is 0 Å². The van der Waals surface area contributed by atoms with Crippen LogP contribution >= 0.6 is 0 Å². The summed E-state index contributed by atoms with van der Waals surface area (Å²) in [4.78, 5) is 14.4. The number of sulfonamides is 1. The highest BCUT2D eigenvalue weighted by molar-refractivity contribution is 7.89. The maximum Gasteiger partial charge on any atom is 0.259 e. The normalized spacial score (nSPS) is 20.5. The average molecular weight is 415 g/mol. The Morgan fingerprint density at radius 3 is 2.93 bits per heavy atom. The second kappa shape index (κ2) is 7.78. The zero-order chi connectivity index (χ0) is 20.4. The van der Waals surface area contributed by atoms with Crippen molar-refractivity contribution in [2.75, 3.05) is 19.7 Å². The molecule has 4 rings (SSSR count). The van der Waals surface area contributed by atoms with E-state index in [1.165, 1.54) is 12.4 Å². The quantitative estimate of drug-likeness (QED) is 0.787. The first kappa shape index (κ1) is 19.3. The van der Waals surface area contributed by atoms with Gasteiger partial charge in [0.2, 0.25) is 0 Å². The molecule has 1 fully saturated rings. The van der Waals surface area contributed by atoms with E-state index in [9.17, 15) is 13.2 Å². The minimum absolute atomic E-state index is 0.0486. The number of aromatic nitrogens is 2. The molecule has 1 aromatic heterocycles. The Labute approximate surface area is 168 Å². The summed E-state index contributed by atoms with van der Waals surface area (Å²) >= 11 is 0. The molecule has 0 unspecified atom stereocenters. The van der Waals surface area contributed by atoms with Crippen molar-refractivity contribution in [1.82, 2.24) is 15.1 Å². The topological polar surface area (TPSA) is 128 Å². The molecule has 2 aliphatic rings. The summed E-state index contributed by atoms with van der Waals surface area (Å²) in [6.45, 7) is 1.67. The molecule has 3 heterocycles. The number of likely N-dealkylation sites (tertiary alicyclic amines) is 1. The molecule has 2 aromatic rings. The summed E-state index contributed by atoms with van der Waals surface area (Å²) in [5, 5.41) is 7.47. The highest BCUT2D eigenvalue weighted by Crippen LogP contribution is 2.29. The lowest BCUT2D eigenvalue weighted by atomic mass is 9.98. The maximum absolute atomic E-state index is 12.6. The predicted molar refractivity (Wildman–Crippen MR) is 106 cm³/mol. The molecule has 1 saturated heterocycles. The summed E-state index contributed by atoms with van der Waals surface area (Å²) < 4.78 is 33.2. The van der Waals surface area contributed by atoms with Gasteiger partial charge in [0.25, 0.3) is 15.9 Å². The van der Waals surface area contributed by atoms with E-state index < -0.39 is 10.0 Å². The van der Waals surface area contributed by atoms with Crippen molar-refractivity contribution in [1.29, 1.82) is 0 Å². The van der Waals surface area contributed by atoms with Gasteiger partial charge in [-0.2, -0.15) is 10.2 Å². The minimum Gasteiger partial charge on any atom is -0.492 e. The van der Waals surface area contributed by atoms with Gasteiger partial charge in [0, 0.05) is 19.0 Å². The number of nitrogens with two attached hydrogens (primary N) is 1. The Balaban J connectivity index is 1.44. The summed E-state index contributed by atoms with van der Waals surface area (Å²) in [7, 11) is -3.59. The Hall–Kier alpha value is -3.01. The van der Waals surface area contributed by atoms with Gasteiger partial charge >= 0.3 is 0 Å². The van der Waals surface area contributed by atoms with E-state index in [0.717, 1.165) is 12.8 Å². The molecule has 0 spiro atoms. The number of carbonyl (C=O) groups excluding carboxylic acids is 1. The molecule has 9 nitrogen and oxygen atoms in total. The van der Waals surface area contributed by atoms with Crippen LogP contribution in [-0.2, 0) is 15.8 Å². The van der Waals surface area contributed by atoms with Crippen LogP contribution in [0.2, 0.25) is 0 Å². The molecule has 1 amide bonds. The number of fused-ring (bicyclic) bond motifs is 1. The van der Waals surface area contributed by atoms with Crippen LogP contribution in [0.25, 0.3) is 0 Å². The van der Waals surface area contributed by atoms with Gasteiger partial charge in [-0.05, 0) is 30.5 Å². The molecule has 0 radical (unpaired) electrons. The lowest BCUT2D eigenvalue weighted by molar-refractivity contribution is 0.0632. The van der Waals surface area contributed by atoms with Crippen LogP contribution in [0.15, 0.2) is 41.1 Å². The highest BCUT2D eigenvalue weighted by Gasteiger charge is 2.28. The van der Waals surface area contributed by atoms with E-state index >= 15 is 0 Å². The molecule has 0 bridgehead atoms.